The number of benzene rings is 5. The van der Waals surface area contributed by atoms with Gasteiger partial charge in [-0.1, -0.05) is 51.7 Å². The van der Waals surface area contributed by atoms with Crippen LogP contribution in [0.5, 0.6) is 0 Å². The van der Waals surface area contributed by atoms with Crippen molar-refractivity contribution in [1.29, 1.82) is 10.5 Å². The van der Waals surface area contributed by atoms with Gasteiger partial charge >= 0.3 is 12.4 Å². The van der Waals surface area contributed by atoms with Gasteiger partial charge in [-0.15, -0.1) is 0 Å². The summed E-state index contributed by atoms with van der Waals surface area (Å²) in [6.07, 6.45) is -10.1. The minimum absolute atomic E-state index is 0.0284. The summed E-state index contributed by atoms with van der Waals surface area (Å²) in [5.41, 5.74) is -1.48. The molecule has 52 heavy (non-hydrogen) atoms. The second-order valence-corrected chi connectivity index (χ2v) is 13.1. The molecular weight excluding hydrogens is 690 g/mol. The molecule has 2 heterocycles. The summed E-state index contributed by atoms with van der Waals surface area (Å²) < 4.78 is 86.1. The third kappa shape index (κ3) is 4.73. The SMILES string of the molecule is CCCC[C@@H](N1C(=O)c2ccc3c4c(C#N)cc5c6c(ccc(c7c(C#N)cc(c2c37)C1=O)c64)C(=O)N([C@H](CCCC)C(F)(F)F)C5=O)C(F)(F)F. The van der Waals surface area contributed by atoms with E-state index in [1.165, 1.54) is 24.3 Å². The molecule has 8 nitrogen and oxygen atoms in total. The van der Waals surface area contributed by atoms with Crippen LogP contribution in [0.4, 0.5) is 26.3 Å². The Balaban J connectivity index is 1.56. The van der Waals surface area contributed by atoms with Gasteiger partial charge in [-0.05, 0) is 47.9 Å². The van der Waals surface area contributed by atoms with Crippen molar-refractivity contribution in [2.24, 2.45) is 0 Å². The first-order chi connectivity index (χ1) is 24.6. The molecule has 5 aromatic carbocycles. The molecule has 4 amide bonds. The number of carbonyl (C=O) groups excluding carboxylic acids is 4. The third-order valence-corrected chi connectivity index (χ3v) is 10.2. The number of halogens is 6. The number of unbranched alkanes of at least 4 members (excludes halogenated alkanes) is 2. The van der Waals surface area contributed by atoms with E-state index in [9.17, 15) is 56.0 Å². The molecule has 5 aromatic rings. The largest absolute Gasteiger partial charge is 0.409 e. The average molecular weight is 717 g/mol. The topological polar surface area (TPSA) is 122 Å². The van der Waals surface area contributed by atoms with E-state index in [1.807, 2.05) is 12.1 Å². The molecule has 0 spiro atoms. The van der Waals surface area contributed by atoms with Gasteiger partial charge in [0.25, 0.3) is 23.6 Å². The van der Waals surface area contributed by atoms with Gasteiger partial charge in [0, 0.05) is 43.4 Å². The van der Waals surface area contributed by atoms with E-state index in [2.05, 4.69) is 0 Å². The van der Waals surface area contributed by atoms with Crippen LogP contribution in [0.25, 0.3) is 43.1 Å². The quantitative estimate of drug-likeness (QED) is 0.0684. The Kier molecular flexibility index (Phi) is 7.94. The lowest BCUT2D eigenvalue weighted by molar-refractivity contribution is -0.173. The minimum Gasteiger partial charge on any atom is -0.269 e. The summed E-state index contributed by atoms with van der Waals surface area (Å²) >= 11 is 0. The maximum Gasteiger partial charge on any atom is 0.409 e. The van der Waals surface area contributed by atoms with E-state index in [4.69, 9.17) is 0 Å². The van der Waals surface area contributed by atoms with Crippen LogP contribution in [0.15, 0.2) is 36.4 Å². The lowest BCUT2D eigenvalue weighted by atomic mass is 9.79. The van der Waals surface area contributed by atoms with Gasteiger partial charge in [0.15, 0.2) is 0 Å². The van der Waals surface area contributed by atoms with Crippen LogP contribution < -0.4 is 0 Å². The fraction of sp³-hybridized carbons (Fsp3) is 0.316. The van der Waals surface area contributed by atoms with Crippen LogP contribution in [-0.4, -0.2) is 57.9 Å². The average Bonchev–Trinajstić information content (AvgIpc) is 3.10. The Morgan fingerprint density at radius 3 is 1.21 bits per heavy atom. The van der Waals surface area contributed by atoms with Crippen molar-refractivity contribution in [1.82, 2.24) is 9.80 Å². The first-order valence-corrected chi connectivity index (χ1v) is 16.6. The number of fused-ring (bicyclic) bond motifs is 2. The molecule has 0 unspecified atom stereocenters. The first-order valence-electron chi connectivity index (χ1n) is 16.6. The molecule has 2 aliphatic rings. The summed E-state index contributed by atoms with van der Waals surface area (Å²) in [6, 6.07) is 6.51. The predicted octanol–water partition coefficient (Wildman–Crippen LogP) is 8.91. The maximum atomic E-state index is 14.4. The van der Waals surface area contributed by atoms with E-state index in [1.54, 1.807) is 13.8 Å². The van der Waals surface area contributed by atoms with Crippen LogP contribution in [-0.2, 0) is 0 Å². The van der Waals surface area contributed by atoms with Gasteiger partial charge in [0.1, 0.15) is 12.1 Å². The number of hydrogen-bond donors (Lipinski definition) is 0. The van der Waals surface area contributed by atoms with Gasteiger partial charge < -0.3 is 0 Å². The number of nitrogens with zero attached hydrogens (tertiary/aromatic N) is 4. The number of imide groups is 2. The number of nitriles is 2. The van der Waals surface area contributed by atoms with E-state index >= 15 is 0 Å². The Hall–Kier alpha value is -5.76. The highest BCUT2D eigenvalue weighted by atomic mass is 19.4. The molecule has 0 aromatic heterocycles. The molecule has 0 fully saturated rings. The Morgan fingerprint density at radius 2 is 0.904 bits per heavy atom. The molecule has 7 rings (SSSR count). The van der Waals surface area contributed by atoms with E-state index in [-0.39, 0.29) is 99.1 Å². The lowest BCUT2D eigenvalue weighted by Crippen LogP contribution is -2.53. The number of rotatable bonds is 8. The number of hydrogen-bond acceptors (Lipinski definition) is 6. The second kappa shape index (κ2) is 11.9. The number of amides is 4. The molecule has 0 saturated heterocycles. The highest BCUT2D eigenvalue weighted by molar-refractivity contribution is 6.42. The van der Waals surface area contributed by atoms with E-state index in [0.29, 0.717) is 12.8 Å². The van der Waals surface area contributed by atoms with E-state index in [0.717, 1.165) is 12.1 Å². The summed E-state index contributed by atoms with van der Waals surface area (Å²) in [7, 11) is 0. The number of carbonyl (C=O) groups is 4. The lowest BCUT2D eigenvalue weighted by Gasteiger charge is -2.36. The van der Waals surface area contributed by atoms with Crippen LogP contribution in [0.2, 0.25) is 0 Å². The monoisotopic (exact) mass is 716 g/mol. The molecule has 0 aliphatic carbocycles. The molecule has 0 saturated carbocycles. The second-order valence-electron chi connectivity index (χ2n) is 13.1. The van der Waals surface area contributed by atoms with Crippen LogP contribution in [0, 0.1) is 22.7 Å². The number of alkyl halides is 6. The van der Waals surface area contributed by atoms with Crippen molar-refractivity contribution in [3.05, 3.63) is 69.8 Å². The van der Waals surface area contributed by atoms with Crippen LogP contribution >= 0.6 is 0 Å². The molecule has 2 atom stereocenters. The van der Waals surface area contributed by atoms with Crippen molar-refractivity contribution in [2.45, 2.75) is 76.8 Å². The van der Waals surface area contributed by atoms with Crippen molar-refractivity contribution in [3.8, 4) is 12.1 Å². The van der Waals surface area contributed by atoms with Gasteiger partial charge in [-0.2, -0.15) is 36.9 Å². The molecule has 2 aliphatic heterocycles. The van der Waals surface area contributed by atoms with Gasteiger partial charge in [-0.25, -0.2) is 0 Å². The first kappa shape index (κ1) is 34.7. The zero-order valence-corrected chi connectivity index (χ0v) is 27.6. The maximum absolute atomic E-state index is 14.4. The summed E-state index contributed by atoms with van der Waals surface area (Å²) in [4.78, 5) is 56.0. The van der Waals surface area contributed by atoms with Crippen LogP contribution in [0.1, 0.15) is 105 Å². The van der Waals surface area contributed by atoms with Crippen molar-refractivity contribution in [3.63, 3.8) is 0 Å². The van der Waals surface area contributed by atoms with Gasteiger partial charge in [0.2, 0.25) is 0 Å². The Morgan fingerprint density at radius 1 is 0.558 bits per heavy atom. The Labute approximate surface area is 291 Å². The third-order valence-electron chi connectivity index (χ3n) is 10.2. The molecular formula is C38H26F6N4O4. The fourth-order valence-electron chi connectivity index (χ4n) is 7.92. The zero-order valence-electron chi connectivity index (χ0n) is 27.6. The standard InChI is InChI=1S/C38H26F6N4O4/c1-3-5-7-25(37(39,40)41)47-33(49)21-11-9-19-28-18(16-46)14-24-30-22(34(50)48(36(24)52)26(8-6-4-2)38(42,43)44)12-10-20(32(28)30)27-17(15-45)13-23(35(47)51)29(21)31(19)27/h9-14,25-26H,3-8H2,1-2H3/t25-,26-/m1/s1. The molecule has 14 heteroatoms. The normalized spacial score (nSPS) is 16.0. The fourth-order valence-corrected chi connectivity index (χ4v) is 7.92. The Bertz CT molecular complexity index is 2340. The molecule has 0 N–H and O–H groups in total. The molecule has 0 bridgehead atoms. The van der Waals surface area contributed by atoms with Crippen molar-refractivity contribution >= 4 is 66.7 Å². The minimum atomic E-state index is -4.95. The summed E-state index contributed by atoms with van der Waals surface area (Å²) in [6.45, 7) is 3.34. The van der Waals surface area contributed by atoms with Gasteiger partial charge in [0.05, 0.1) is 34.4 Å². The van der Waals surface area contributed by atoms with Crippen LogP contribution in [0.3, 0.4) is 0 Å². The molecule has 0 radical (unpaired) electrons. The highest BCUT2D eigenvalue weighted by Crippen LogP contribution is 2.49. The van der Waals surface area contributed by atoms with Crippen molar-refractivity contribution in [2.75, 3.05) is 0 Å². The van der Waals surface area contributed by atoms with Gasteiger partial charge in [-0.3, -0.25) is 29.0 Å². The van der Waals surface area contributed by atoms with E-state index < -0.39 is 60.9 Å². The molecule has 264 valence electrons. The summed E-state index contributed by atoms with van der Waals surface area (Å²) in [5, 5.41) is 21.6. The predicted molar refractivity (Wildman–Crippen MR) is 177 cm³/mol. The smallest absolute Gasteiger partial charge is 0.269 e. The highest BCUT2D eigenvalue weighted by Gasteiger charge is 2.52. The summed E-state index contributed by atoms with van der Waals surface area (Å²) in [5.74, 6) is -4.86. The van der Waals surface area contributed by atoms with Crippen molar-refractivity contribution < 1.29 is 45.5 Å². The zero-order chi connectivity index (χ0) is 37.6.